The molecule has 0 fully saturated rings. The van der Waals surface area contributed by atoms with E-state index >= 15 is 0 Å². The van der Waals surface area contributed by atoms with Crippen LogP contribution < -0.4 is 0 Å². The molecule has 282 valence electrons. The van der Waals surface area contributed by atoms with Gasteiger partial charge in [0.25, 0.3) is 0 Å². The van der Waals surface area contributed by atoms with Gasteiger partial charge in [0.1, 0.15) is 11.2 Å². The lowest BCUT2D eigenvalue weighted by Gasteiger charge is -2.22. The number of hydrogen-bond donors (Lipinski definition) is 0. The lowest BCUT2D eigenvalue weighted by molar-refractivity contribution is 0.653. The highest BCUT2D eigenvalue weighted by atomic mass is 16.3. The second-order valence-corrected chi connectivity index (χ2v) is 16.9. The van der Waals surface area contributed by atoms with Crippen LogP contribution in [0, 0.1) is 0 Å². The fraction of sp³-hybridized carbons (Fsp3) is 0.0526. The van der Waals surface area contributed by atoms with Crippen molar-refractivity contribution < 1.29 is 4.42 Å². The molecule has 0 saturated heterocycles. The molecule has 3 aromatic heterocycles. The van der Waals surface area contributed by atoms with Crippen LogP contribution in [0.3, 0.4) is 0 Å². The molecule has 0 radical (unpaired) electrons. The van der Waals surface area contributed by atoms with Crippen molar-refractivity contribution in [2.45, 2.75) is 19.3 Å². The normalized spacial score (nSPS) is 13.3. The number of furan rings is 1. The minimum Gasteiger partial charge on any atom is -0.455 e. The van der Waals surface area contributed by atoms with E-state index in [0.29, 0.717) is 0 Å². The Morgan fingerprint density at radius 2 is 0.850 bits per heavy atom. The average molecular weight is 767 g/mol. The van der Waals surface area contributed by atoms with Crippen molar-refractivity contribution in [1.29, 1.82) is 0 Å². The van der Waals surface area contributed by atoms with E-state index < -0.39 is 0 Å². The minimum atomic E-state index is -0.176. The number of para-hydroxylation sites is 4. The highest BCUT2D eigenvalue weighted by molar-refractivity contribution is 6.14. The van der Waals surface area contributed by atoms with Gasteiger partial charge in [0.05, 0.1) is 22.1 Å². The van der Waals surface area contributed by atoms with E-state index in [1.165, 1.54) is 105 Å². The molecule has 0 N–H and O–H groups in total. The Bertz CT molecular complexity index is 3730. The molecule has 13 rings (SSSR count). The van der Waals surface area contributed by atoms with Crippen molar-refractivity contribution in [3.05, 3.63) is 205 Å². The average Bonchev–Trinajstić information content (AvgIpc) is 4.01. The van der Waals surface area contributed by atoms with Gasteiger partial charge in [0, 0.05) is 54.7 Å². The highest BCUT2D eigenvalue weighted by Crippen LogP contribution is 2.53. The Kier molecular flexibility index (Phi) is 6.78. The molecule has 1 aliphatic carbocycles. The molecule has 0 aliphatic heterocycles. The predicted molar refractivity (Wildman–Crippen MR) is 251 cm³/mol. The number of rotatable bonds is 4. The summed E-state index contributed by atoms with van der Waals surface area (Å²) in [7, 11) is 0. The Morgan fingerprint density at radius 1 is 0.367 bits per heavy atom. The number of hydrogen-bond acceptors (Lipinski definition) is 1. The minimum absolute atomic E-state index is 0.176. The van der Waals surface area contributed by atoms with Crippen LogP contribution in [0.5, 0.6) is 0 Å². The van der Waals surface area contributed by atoms with Crippen LogP contribution in [0.2, 0.25) is 0 Å². The molecular formula is C57H38N2O. The summed E-state index contributed by atoms with van der Waals surface area (Å²) < 4.78 is 11.4. The maximum atomic E-state index is 6.59. The van der Waals surface area contributed by atoms with Crippen molar-refractivity contribution in [3.8, 4) is 44.8 Å². The lowest BCUT2D eigenvalue weighted by Crippen LogP contribution is -2.14. The first-order valence-electron chi connectivity index (χ1n) is 20.8. The molecule has 60 heavy (non-hydrogen) atoms. The quantitative estimate of drug-likeness (QED) is 0.175. The van der Waals surface area contributed by atoms with Gasteiger partial charge in [-0.3, -0.25) is 0 Å². The molecule has 12 aromatic rings. The van der Waals surface area contributed by atoms with Crippen molar-refractivity contribution >= 4 is 65.6 Å². The van der Waals surface area contributed by atoms with Crippen molar-refractivity contribution in [1.82, 2.24) is 9.13 Å². The van der Waals surface area contributed by atoms with Crippen LogP contribution >= 0.6 is 0 Å². The number of aromatic nitrogens is 2. The van der Waals surface area contributed by atoms with E-state index in [1.807, 2.05) is 0 Å². The summed E-state index contributed by atoms with van der Waals surface area (Å²) in [4.78, 5) is 0. The zero-order valence-electron chi connectivity index (χ0n) is 33.3. The van der Waals surface area contributed by atoms with E-state index in [9.17, 15) is 0 Å². The molecule has 3 nitrogen and oxygen atoms in total. The Morgan fingerprint density at radius 3 is 1.47 bits per heavy atom. The predicted octanol–water partition coefficient (Wildman–Crippen LogP) is 15.4. The Hall–Kier alpha value is -7.62. The van der Waals surface area contributed by atoms with Gasteiger partial charge < -0.3 is 13.6 Å². The third-order valence-electron chi connectivity index (χ3n) is 13.3. The molecule has 0 bridgehead atoms. The summed E-state index contributed by atoms with van der Waals surface area (Å²) in [6, 6.07) is 71.2. The molecule has 9 aromatic carbocycles. The van der Waals surface area contributed by atoms with Crippen molar-refractivity contribution in [2.75, 3.05) is 0 Å². The van der Waals surface area contributed by atoms with E-state index in [4.69, 9.17) is 4.42 Å². The standard InChI is InChI=1S/C57H38N2O/c1-57(2)48-27-26-43-42-18-10-12-20-54(42)60-56(43)55(48)44-25-21-38(34-49(44)57)37-24-30-53-47(33-37)46-32-36(23-29-52(46)59(53)40-15-7-4-8-16-40)35-22-28-51-45(31-35)41-17-9-11-19-50(41)58(51)39-13-5-3-6-14-39/h3-34H,1-2H3. The van der Waals surface area contributed by atoms with Crippen molar-refractivity contribution in [3.63, 3.8) is 0 Å². The first-order valence-corrected chi connectivity index (χ1v) is 20.8. The van der Waals surface area contributed by atoms with Gasteiger partial charge in [-0.2, -0.15) is 0 Å². The monoisotopic (exact) mass is 766 g/mol. The molecule has 0 atom stereocenters. The van der Waals surface area contributed by atoms with Gasteiger partial charge in [-0.25, -0.2) is 0 Å². The molecule has 3 heterocycles. The summed E-state index contributed by atoms with van der Waals surface area (Å²) in [5, 5.41) is 7.33. The van der Waals surface area contributed by atoms with Gasteiger partial charge in [0.15, 0.2) is 0 Å². The van der Waals surface area contributed by atoms with Gasteiger partial charge in [0.2, 0.25) is 0 Å². The smallest absolute Gasteiger partial charge is 0.143 e. The molecule has 0 unspecified atom stereocenters. The maximum Gasteiger partial charge on any atom is 0.143 e. The molecular weight excluding hydrogens is 729 g/mol. The third-order valence-corrected chi connectivity index (χ3v) is 13.3. The lowest BCUT2D eigenvalue weighted by atomic mass is 9.81. The SMILES string of the molecule is CC1(C)c2cc(-c3ccc4c(c3)c3cc(-c5ccc6c(c5)c5ccccc5n6-c5ccccc5)ccc3n4-c3ccccc3)ccc2-c2c1ccc1c2oc2ccccc21. The zero-order valence-corrected chi connectivity index (χ0v) is 33.3. The molecule has 0 spiro atoms. The van der Waals surface area contributed by atoms with Crippen LogP contribution in [-0.4, -0.2) is 9.13 Å². The fourth-order valence-corrected chi connectivity index (χ4v) is 10.4. The third kappa shape index (κ3) is 4.60. The molecule has 0 saturated carbocycles. The van der Waals surface area contributed by atoms with Gasteiger partial charge in [-0.05, 0) is 118 Å². The van der Waals surface area contributed by atoms with E-state index in [0.717, 1.165) is 16.9 Å². The number of benzene rings is 9. The van der Waals surface area contributed by atoms with Crippen LogP contribution in [0.25, 0.3) is 110 Å². The van der Waals surface area contributed by atoms with Crippen LogP contribution in [-0.2, 0) is 5.41 Å². The summed E-state index contributed by atoms with van der Waals surface area (Å²) in [5.74, 6) is 0. The van der Waals surface area contributed by atoms with Gasteiger partial charge in [-0.15, -0.1) is 0 Å². The number of fused-ring (bicyclic) bond motifs is 13. The summed E-state index contributed by atoms with van der Waals surface area (Å²) in [6.45, 7) is 4.70. The summed E-state index contributed by atoms with van der Waals surface area (Å²) >= 11 is 0. The fourth-order valence-electron chi connectivity index (χ4n) is 10.4. The largest absolute Gasteiger partial charge is 0.455 e. The first kappa shape index (κ1) is 33.4. The van der Waals surface area contributed by atoms with E-state index in [-0.39, 0.29) is 5.41 Å². The summed E-state index contributed by atoms with van der Waals surface area (Å²) in [6.07, 6.45) is 0. The zero-order chi connectivity index (χ0) is 39.7. The van der Waals surface area contributed by atoms with Gasteiger partial charge in [-0.1, -0.05) is 129 Å². The topological polar surface area (TPSA) is 23.0 Å². The maximum absolute atomic E-state index is 6.59. The summed E-state index contributed by atoms with van der Waals surface area (Å²) in [5.41, 5.74) is 18.9. The van der Waals surface area contributed by atoms with Gasteiger partial charge >= 0.3 is 0 Å². The second kappa shape index (κ2) is 12.2. The van der Waals surface area contributed by atoms with E-state index in [1.54, 1.807) is 0 Å². The molecule has 3 heteroatoms. The first-order chi connectivity index (χ1) is 29.5. The van der Waals surface area contributed by atoms with Crippen molar-refractivity contribution in [2.24, 2.45) is 0 Å². The Balaban J connectivity index is 0.983. The highest BCUT2D eigenvalue weighted by Gasteiger charge is 2.38. The van der Waals surface area contributed by atoms with Crippen LogP contribution in [0.15, 0.2) is 199 Å². The van der Waals surface area contributed by atoms with Crippen LogP contribution in [0.1, 0.15) is 25.0 Å². The van der Waals surface area contributed by atoms with E-state index in [2.05, 4.69) is 217 Å². The van der Waals surface area contributed by atoms with Crippen LogP contribution in [0.4, 0.5) is 0 Å². The number of nitrogens with zero attached hydrogens (tertiary/aromatic N) is 2. The molecule has 1 aliphatic rings. The molecule has 0 amide bonds. The Labute approximate surface area is 347 Å². The second-order valence-electron chi connectivity index (χ2n) is 16.9.